The van der Waals surface area contributed by atoms with Gasteiger partial charge in [-0.05, 0) is 12.8 Å². The predicted octanol–water partition coefficient (Wildman–Crippen LogP) is 9.05. The van der Waals surface area contributed by atoms with E-state index in [0.29, 0.717) is 24.0 Å². The summed E-state index contributed by atoms with van der Waals surface area (Å²) in [6.45, 7) is 3.24. The molecule has 326 valence electrons. The van der Waals surface area contributed by atoms with Crippen molar-refractivity contribution in [2.45, 2.75) is 199 Å². The molecule has 1 fully saturated rings. The maximum Gasteiger partial charge on any atom is 0.472 e. The predicted molar refractivity (Wildman–Crippen MR) is 219 cm³/mol. The van der Waals surface area contributed by atoms with Crippen LogP contribution in [0.5, 0.6) is 0 Å². The van der Waals surface area contributed by atoms with Gasteiger partial charge in [0.2, 0.25) is 0 Å². The number of aromatic nitrogens is 4. The monoisotopic (exact) mass is 826 g/mol. The number of carbonyl (C=O) groups is 2. The number of phosphoric ester groups is 1. The Morgan fingerprint density at radius 1 is 0.789 bits per heavy atom. The first-order chi connectivity index (χ1) is 27.6. The third-order valence-electron chi connectivity index (χ3n) is 10.4. The second kappa shape index (κ2) is 28.7. The number of phosphoric acid groups is 1. The first-order valence-electron chi connectivity index (χ1n) is 21.9. The number of unbranched alkanes of at least 4 members (excludes halogenated alkanes) is 20. The highest BCUT2D eigenvalue weighted by atomic mass is 31.2. The second-order valence-electron chi connectivity index (χ2n) is 15.5. The molecule has 1 saturated heterocycles. The highest BCUT2D eigenvalue weighted by molar-refractivity contribution is 7.47. The van der Waals surface area contributed by atoms with Gasteiger partial charge >= 0.3 is 19.8 Å². The molecule has 0 aliphatic carbocycles. The van der Waals surface area contributed by atoms with Crippen molar-refractivity contribution in [3.8, 4) is 0 Å². The van der Waals surface area contributed by atoms with Gasteiger partial charge in [0.05, 0.1) is 25.6 Å². The molecule has 0 bridgehead atoms. The number of imidazole rings is 1. The highest BCUT2D eigenvalue weighted by Gasteiger charge is 2.38. The van der Waals surface area contributed by atoms with Gasteiger partial charge in [-0.2, -0.15) is 0 Å². The van der Waals surface area contributed by atoms with E-state index in [-0.39, 0.29) is 38.3 Å². The van der Waals surface area contributed by atoms with E-state index in [1.165, 1.54) is 107 Å². The molecule has 15 nitrogen and oxygen atoms in total. The van der Waals surface area contributed by atoms with E-state index in [0.717, 1.165) is 38.5 Å². The molecule has 3 rings (SSSR count). The van der Waals surface area contributed by atoms with Gasteiger partial charge < -0.3 is 29.9 Å². The average Bonchev–Trinajstić information content (AvgIpc) is 3.79. The molecule has 0 amide bonds. The molecule has 3 heterocycles. The molecular formula is C41H72N5O10P. The molecule has 57 heavy (non-hydrogen) atoms. The van der Waals surface area contributed by atoms with Gasteiger partial charge in [-0.3, -0.25) is 23.2 Å². The van der Waals surface area contributed by atoms with E-state index in [2.05, 4.69) is 28.8 Å². The number of esters is 2. The summed E-state index contributed by atoms with van der Waals surface area (Å²) in [6.07, 6.45) is 24.9. The molecule has 1 unspecified atom stereocenters. The smallest absolute Gasteiger partial charge is 0.462 e. The first-order valence-corrected chi connectivity index (χ1v) is 23.4. The molecule has 0 radical (unpaired) electrons. The number of nitrogen functional groups attached to an aromatic ring is 1. The fourth-order valence-corrected chi connectivity index (χ4v) is 7.81. The standard InChI is InChI=1S/C41H72N5O10P/c1-3-5-7-9-11-13-15-17-19-21-23-25-36(48)52-28-34(55-37(49)26-24-22-20-18-16-14-12-10-8-6-4-2)30-54-57(50,51)53-29-33-27-35(47)41(56-33)46-32-45-38-39(42)43-31-44-40(38)46/h31-35,41,47H,3-30H2,1-2H3,(H,50,51)(H2,42,43,44)/t33-,34-,35+,41+/m0/s1. The Balaban J connectivity index is 1.40. The van der Waals surface area contributed by atoms with Crippen molar-refractivity contribution in [3.63, 3.8) is 0 Å². The summed E-state index contributed by atoms with van der Waals surface area (Å²) in [6, 6.07) is 0. The molecular weight excluding hydrogens is 753 g/mol. The molecule has 0 aromatic carbocycles. The number of nitrogens with two attached hydrogens (primary N) is 1. The minimum Gasteiger partial charge on any atom is -0.462 e. The lowest BCUT2D eigenvalue weighted by molar-refractivity contribution is -0.161. The third-order valence-corrected chi connectivity index (χ3v) is 11.3. The summed E-state index contributed by atoms with van der Waals surface area (Å²) >= 11 is 0. The molecule has 1 aliphatic heterocycles. The Kier molecular flexibility index (Phi) is 24.5. The van der Waals surface area contributed by atoms with E-state index in [9.17, 15) is 24.2 Å². The molecule has 16 heteroatoms. The molecule has 0 saturated carbocycles. The SMILES string of the molecule is CCCCCCCCCCCCCC(=O)OC[C@@H](COP(=O)(O)OC[C@@H]1C[C@@H](O)[C@H](n2cnc3c(N)ncnc32)O1)OC(=O)CCCCCCCCCCCCC. The first kappa shape index (κ1) is 48.7. The van der Waals surface area contributed by atoms with Gasteiger partial charge in [0.25, 0.3) is 0 Å². The number of nitrogens with zero attached hydrogens (tertiary/aromatic N) is 4. The zero-order chi connectivity index (χ0) is 41.1. The third kappa shape index (κ3) is 20.2. The van der Waals surface area contributed by atoms with Gasteiger partial charge in [0, 0.05) is 19.3 Å². The maximum absolute atomic E-state index is 12.9. The summed E-state index contributed by atoms with van der Waals surface area (Å²) in [7, 11) is -4.67. The minimum absolute atomic E-state index is 0.0965. The van der Waals surface area contributed by atoms with Crippen LogP contribution in [0.4, 0.5) is 5.82 Å². The molecule has 0 spiro atoms. The normalized spacial score (nSPS) is 18.5. The summed E-state index contributed by atoms with van der Waals surface area (Å²) in [5, 5.41) is 10.7. The van der Waals surface area contributed by atoms with Crippen molar-refractivity contribution in [2.24, 2.45) is 0 Å². The largest absolute Gasteiger partial charge is 0.472 e. The molecule has 4 N–H and O–H groups in total. The number of rotatable bonds is 34. The van der Waals surface area contributed by atoms with Crippen molar-refractivity contribution in [1.29, 1.82) is 0 Å². The fourth-order valence-electron chi connectivity index (χ4n) is 7.02. The Labute approximate surface area is 340 Å². The number of hydrogen-bond donors (Lipinski definition) is 3. The molecule has 5 atom stereocenters. The van der Waals surface area contributed by atoms with Gasteiger partial charge in [-0.1, -0.05) is 142 Å². The minimum atomic E-state index is -4.67. The van der Waals surface area contributed by atoms with E-state index >= 15 is 0 Å². The van der Waals surface area contributed by atoms with Crippen molar-refractivity contribution in [3.05, 3.63) is 12.7 Å². The number of aliphatic hydroxyl groups excluding tert-OH is 1. The number of fused-ring (bicyclic) bond motifs is 1. The summed E-state index contributed by atoms with van der Waals surface area (Å²) in [5.41, 5.74) is 6.60. The Morgan fingerprint density at radius 2 is 1.32 bits per heavy atom. The number of anilines is 1. The number of aliphatic hydroxyl groups is 1. The van der Waals surface area contributed by atoms with Gasteiger partial charge in [-0.25, -0.2) is 19.5 Å². The molecule has 2 aromatic rings. The van der Waals surface area contributed by atoms with Crippen LogP contribution in [-0.4, -0.2) is 79.6 Å². The van der Waals surface area contributed by atoms with Gasteiger partial charge in [0.1, 0.15) is 24.6 Å². The van der Waals surface area contributed by atoms with Crippen LogP contribution in [0, 0.1) is 0 Å². The van der Waals surface area contributed by atoms with Crippen LogP contribution in [0.15, 0.2) is 12.7 Å². The lowest BCUT2D eigenvalue weighted by Crippen LogP contribution is -2.29. The van der Waals surface area contributed by atoms with Crippen molar-refractivity contribution < 1.29 is 47.4 Å². The highest BCUT2D eigenvalue weighted by Crippen LogP contribution is 2.44. The van der Waals surface area contributed by atoms with Crippen LogP contribution in [-0.2, 0) is 37.4 Å². The van der Waals surface area contributed by atoms with E-state index < -0.39 is 50.9 Å². The lowest BCUT2D eigenvalue weighted by Gasteiger charge is -2.21. The Hall–Kier alpha value is -2.68. The van der Waals surface area contributed by atoms with Crippen LogP contribution in [0.3, 0.4) is 0 Å². The summed E-state index contributed by atoms with van der Waals surface area (Å²) in [4.78, 5) is 48.2. The second-order valence-corrected chi connectivity index (χ2v) is 16.9. The number of ether oxygens (including phenoxy) is 3. The molecule has 1 aliphatic rings. The van der Waals surface area contributed by atoms with Crippen LogP contribution in [0.25, 0.3) is 11.2 Å². The maximum atomic E-state index is 12.9. The van der Waals surface area contributed by atoms with Crippen LogP contribution < -0.4 is 5.73 Å². The zero-order valence-electron chi connectivity index (χ0n) is 34.7. The zero-order valence-corrected chi connectivity index (χ0v) is 35.6. The number of hydrogen-bond acceptors (Lipinski definition) is 13. The van der Waals surface area contributed by atoms with E-state index in [4.69, 9.17) is 29.0 Å². The average molecular weight is 826 g/mol. The Bertz CT molecular complexity index is 1450. The van der Waals surface area contributed by atoms with Crippen LogP contribution in [0.2, 0.25) is 0 Å². The van der Waals surface area contributed by atoms with Crippen molar-refractivity contribution in [1.82, 2.24) is 19.5 Å². The Morgan fingerprint density at radius 3 is 1.88 bits per heavy atom. The van der Waals surface area contributed by atoms with E-state index in [1.54, 1.807) is 0 Å². The lowest BCUT2D eigenvalue weighted by atomic mass is 10.1. The summed E-state index contributed by atoms with van der Waals surface area (Å²) in [5.74, 6) is -0.734. The van der Waals surface area contributed by atoms with Crippen LogP contribution in [0.1, 0.15) is 181 Å². The topological polar surface area (TPSA) is 207 Å². The fraction of sp³-hybridized carbons (Fsp3) is 0.829. The van der Waals surface area contributed by atoms with Crippen molar-refractivity contribution in [2.75, 3.05) is 25.6 Å². The van der Waals surface area contributed by atoms with Crippen molar-refractivity contribution >= 4 is 36.7 Å². The van der Waals surface area contributed by atoms with Gasteiger partial charge in [-0.15, -0.1) is 0 Å². The van der Waals surface area contributed by atoms with Gasteiger partial charge in [0.15, 0.2) is 23.8 Å². The quantitative estimate of drug-likeness (QED) is 0.0342. The number of carbonyl (C=O) groups excluding carboxylic acids is 2. The molecule has 2 aromatic heterocycles. The van der Waals surface area contributed by atoms with Crippen LogP contribution >= 0.6 is 7.82 Å². The summed E-state index contributed by atoms with van der Waals surface area (Å²) < 4.78 is 41.8. The van der Waals surface area contributed by atoms with E-state index in [1.807, 2.05) is 0 Å².